The van der Waals surface area contributed by atoms with Crippen LogP contribution in [0.5, 0.6) is 57.5 Å². The highest BCUT2D eigenvalue weighted by Gasteiger charge is 2.52. The third kappa shape index (κ3) is 21.5. The van der Waals surface area contributed by atoms with E-state index in [9.17, 15) is 60.3 Å². The van der Waals surface area contributed by atoms with E-state index in [-0.39, 0.29) is 81.8 Å². The zero-order chi connectivity index (χ0) is 88.4. The fraction of sp³-hybridized carbons (Fsp3) is 0.425. The quantitative estimate of drug-likeness (QED) is 0.0286. The molecule has 34 nitrogen and oxygen atoms in total. The van der Waals surface area contributed by atoms with E-state index in [2.05, 4.69) is 54.8 Å². The summed E-state index contributed by atoms with van der Waals surface area (Å²) < 4.78 is 45.7. The van der Waals surface area contributed by atoms with Gasteiger partial charge in [0.05, 0.1) is 41.3 Å². The van der Waals surface area contributed by atoms with Crippen LogP contribution in [0.1, 0.15) is 156 Å². The van der Waals surface area contributed by atoms with Crippen molar-refractivity contribution in [1.82, 2.24) is 47.9 Å². The van der Waals surface area contributed by atoms with E-state index in [1.807, 2.05) is 56.3 Å². The Morgan fingerprint density at radius 2 is 1.28 bits per heavy atom. The van der Waals surface area contributed by atoms with Crippen LogP contribution in [0.3, 0.4) is 0 Å². The first kappa shape index (κ1) is 91.3. The van der Waals surface area contributed by atoms with E-state index < -0.39 is 215 Å². The number of halogens is 2. The Morgan fingerprint density at radius 1 is 0.659 bits per heavy atom. The second kappa shape index (κ2) is 40.1. The van der Waals surface area contributed by atoms with Crippen LogP contribution in [0.2, 0.25) is 10.0 Å². The molecule has 658 valence electrons. The number of nitrogens with one attached hydrogen (secondary N) is 9. The zero-order valence-electron chi connectivity index (χ0n) is 68.1. The second-order valence-corrected chi connectivity index (χ2v) is 32.6. The van der Waals surface area contributed by atoms with E-state index in [0.29, 0.717) is 24.3 Å². The number of hydrogen-bond acceptors (Lipinski definition) is 26. The molecular weight excluding hydrogens is 1640 g/mol. The van der Waals surface area contributed by atoms with Crippen LogP contribution < -0.4 is 72.5 Å². The molecule has 0 aliphatic carbocycles. The number of rotatable bonds is 25. The van der Waals surface area contributed by atoms with Gasteiger partial charge in [0.2, 0.25) is 59.3 Å². The summed E-state index contributed by atoms with van der Waals surface area (Å²) in [5.74, 6) is -13.2. The number of phenols is 3. The number of para-hydroxylation sites is 1. The van der Waals surface area contributed by atoms with Gasteiger partial charge in [-0.1, -0.05) is 125 Å². The number of carbonyl (C=O) groups excluding carboxylic acids is 8. The van der Waals surface area contributed by atoms with Gasteiger partial charge < -0.3 is 133 Å². The highest BCUT2D eigenvalue weighted by molar-refractivity contribution is 6.32. The van der Waals surface area contributed by atoms with Crippen LogP contribution in [0.25, 0.3) is 11.1 Å². The third-order valence-electron chi connectivity index (χ3n) is 22.2. The van der Waals surface area contributed by atoms with Gasteiger partial charge in [0.1, 0.15) is 107 Å². The Balaban J connectivity index is 1.03. The zero-order valence-corrected chi connectivity index (χ0v) is 69.6. The summed E-state index contributed by atoms with van der Waals surface area (Å²) >= 11 is 14.5. The van der Waals surface area contributed by atoms with Crippen LogP contribution in [-0.2, 0) is 59.1 Å². The monoisotopic (exact) mass is 1740 g/mol. The summed E-state index contributed by atoms with van der Waals surface area (Å²) in [5, 5.41) is 131. The lowest BCUT2D eigenvalue weighted by atomic mass is 9.84. The predicted molar refractivity (Wildman–Crippen MR) is 444 cm³/mol. The number of aromatic hydroxyl groups is 3. The van der Waals surface area contributed by atoms with E-state index >= 15 is 24.0 Å². The van der Waals surface area contributed by atoms with Crippen molar-refractivity contribution >= 4 is 70.5 Å². The average molecular weight is 1740 g/mol. The summed E-state index contributed by atoms with van der Waals surface area (Å²) in [5.41, 5.74) is 3.17. The number of benzene rings is 7. The fourth-order valence-electron chi connectivity index (χ4n) is 15.5. The maximum Gasteiger partial charge on any atom is 0.248 e. The molecule has 11 bridgehead atoms. The molecular formula is C87H102Cl2N10O24. The largest absolute Gasteiger partial charge is 0.508 e. The topological polar surface area (TPSA) is 518 Å². The molecule has 0 radical (unpaired) electrons. The molecule has 8 amide bonds. The Hall–Kier alpha value is -11.0. The van der Waals surface area contributed by atoms with Crippen LogP contribution >= 0.6 is 23.2 Å². The van der Waals surface area contributed by atoms with Crippen molar-refractivity contribution < 1.29 is 117 Å². The van der Waals surface area contributed by atoms with Gasteiger partial charge in [-0.05, 0) is 152 Å². The molecule has 0 unspecified atom stereocenters. The molecule has 20 N–H and O–H groups in total. The van der Waals surface area contributed by atoms with Crippen molar-refractivity contribution in [3.05, 3.63) is 177 Å². The second-order valence-electron chi connectivity index (χ2n) is 31.8. The van der Waals surface area contributed by atoms with Gasteiger partial charge in [-0.2, -0.15) is 0 Å². The number of primary amides is 1. The number of nitrogens with two attached hydrogens (primary N) is 1. The maximum absolute atomic E-state index is 16.4. The number of amides is 8. The number of phenolic OH excluding ortho intramolecular Hbond substituents is 3. The first-order valence-electron chi connectivity index (χ1n) is 40.5. The molecule has 2 saturated heterocycles. The van der Waals surface area contributed by atoms with Gasteiger partial charge in [0.15, 0.2) is 23.9 Å². The Labute approximate surface area is 717 Å². The minimum atomic E-state index is -2.35. The Kier molecular flexibility index (Phi) is 29.8. The number of carbonyl (C=O) groups is 8. The number of aliphatic hydroxyl groups is 6. The predicted octanol–water partition coefficient (Wildman–Crippen LogP) is 6.12. The molecule has 7 heterocycles. The molecule has 7 aromatic carbocycles. The fourth-order valence-corrected chi connectivity index (χ4v) is 15.9. The summed E-state index contributed by atoms with van der Waals surface area (Å²) in [7, 11) is 1.49. The highest BCUT2D eigenvalue weighted by Crippen LogP contribution is 2.50. The number of likely N-dealkylation sites (N-methyl/N-ethyl adjacent to an activating group) is 1. The maximum atomic E-state index is 16.4. The Bertz CT molecular complexity index is 5020. The van der Waals surface area contributed by atoms with E-state index in [0.717, 1.165) is 85.8 Å². The van der Waals surface area contributed by atoms with Gasteiger partial charge in [0, 0.05) is 42.2 Å². The minimum Gasteiger partial charge on any atom is -0.508 e. The van der Waals surface area contributed by atoms with Crippen LogP contribution in [-0.4, -0.2) is 192 Å². The average Bonchev–Trinajstić information content (AvgIpc) is 0.765. The van der Waals surface area contributed by atoms with Crippen molar-refractivity contribution in [2.75, 3.05) is 20.2 Å². The van der Waals surface area contributed by atoms with Gasteiger partial charge in [-0.25, -0.2) is 0 Å². The van der Waals surface area contributed by atoms with Gasteiger partial charge in [0.25, 0.3) is 0 Å². The summed E-state index contributed by atoms with van der Waals surface area (Å²) in [6, 6.07) is 17.1. The lowest BCUT2D eigenvalue weighted by Gasteiger charge is -2.48. The van der Waals surface area contributed by atoms with Crippen molar-refractivity contribution in [1.29, 1.82) is 0 Å². The molecule has 0 aromatic heterocycles. The minimum absolute atomic E-state index is 0.0665. The molecule has 36 heteroatoms. The molecule has 7 aliphatic rings. The van der Waals surface area contributed by atoms with Crippen LogP contribution in [0.4, 0.5) is 0 Å². The highest BCUT2D eigenvalue weighted by atomic mass is 35.5. The van der Waals surface area contributed by atoms with E-state index in [1.54, 1.807) is 26.0 Å². The summed E-state index contributed by atoms with van der Waals surface area (Å²) in [6.07, 6.45) is -13.6. The van der Waals surface area contributed by atoms with Crippen molar-refractivity contribution in [2.24, 2.45) is 11.7 Å². The van der Waals surface area contributed by atoms with Gasteiger partial charge in [-0.15, -0.1) is 0 Å². The third-order valence-corrected chi connectivity index (χ3v) is 22.8. The number of unbranched alkanes of at least 4 members (excludes halogenated alkanes) is 5. The molecule has 14 rings (SSSR count). The molecule has 123 heavy (non-hydrogen) atoms. The molecule has 18 atom stereocenters. The molecule has 2 fully saturated rings. The number of hydrogen-bond donors (Lipinski definition) is 19. The van der Waals surface area contributed by atoms with Crippen LogP contribution in [0.15, 0.2) is 133 Å². The number of fused-ring (bicyclic) bond motifs is 15. The first-order valence-corrected chi connectivity index (χ1v) is 41.3. The van der Waals surface area contributed by atoms with E-state index in [1.165, 1.54) is 31.3 Å². The van der Waals surface area contributed by atoms with E-state index in [4.69, 9.17) is 62.1 Å². The molecule has 7 aromatic rings. The van der Waals surface area contributed by atoms with Crippen molar-refractivity contribution in [3.63, 3.8) is 0 Å². The van der Waals surface area contributed by atoms with Crippen LogP contribution in [0, 0.1) is 5.92 Å². The number of aliphatic hydroxyl groups excluding tert-OH is 6. The SMILES string of the molecule is CCCCCCCCNC(=O)[C@H]1NC(=O)[C@H]2NC(=O)[C@H](NC(=O)[C@@H]3NC(=O)[C@H](CC(N)=O)NC(=O)[C@H](NC(=O)[C@@H](CC(C)C)NC)[C@H](O)c4ccc(c(Cl)c4)Oc4cc3cc(c4O[C@@H]3O[C@H](CO)[C@@H](O)[C@H](O)[C@H]3O[C@H]3C[C@](C)(NCc4ccc(Oc5ccccc5)cc4)[C@@H](O)[C@H](C)O3)Oc3ccc(cc3Cl)[C@H]2O)c2ccc(O)c(c2)-c2c(O)cc(O)cc21. The van der Waals surface area contributed by atoms with Crippen molar-refractivity contribution in [3.8, 4) is 68.6 Å². The molecule has 7 aliphatic heterocycles. The summed E-state index contributed by atoms with van der Waals surface area (Å²) in [6.45, 7) is 8.30. The molecule has 0 spiro atoms. The van der Waals surface area contributed by atoms with Gasteiger partial charge >= 0.3 is 0 Å². The van der Waals surface area contributed by atoms with Gasteiger partial charge in [-0.3, -0.25) is 38.4 Å². The number of ether oxygens (including phenoxy) is 7. The Morgan fingerprint density at radius 3 is 1.93 bits per heavy atom. The summed E-state index contributed by atoms with van der Waals surface area (Å²) in [4.78, 5) is 121. The smallest absolute Gasteiger partial charge is 0.248 e. The first-order chi connectivity index (χ1) is 58.7. The lowest BCUT2D eigenvalue weighted by molar-refractivity contribution is -0.334. The molecule has 0 saturated carbocycles. The lowest BCUT2D eigenvalue weighted by Crippen LogP contribution is -2.65. The standard InChI is InChI=1S/C87H102Cl2N10O24/c1-7-8-9-10-11-15-28-92-81(112)69-52-35-48(101)36-58(103)66(52)51-30-44(20-25-57(51)102)67-82(113)99-71(85(116)97-69)73(106)46-22-27-60(54(89)32-46)120-62-34-47-33-61(119-59-26-21-45(31-53(59)88)72(105)70(98-79(110)55(91-6)29-41(2)3)84(115)94-56(37-64(90)104)80(111)95-68(47)83(114)96-67)76(62)123-86-77(75(108)74(107)63(40-100)121-86)122-65-38-87(5,78(109)42(4)117-65)93-39-43-18-23-50(24-19-43)118-49-16-13-12-14-17-49/h12-14,16-27,30-36,41-42,55-56,63,65,67-75,77-78,86,91,93,100-103,105-109H,7-11,15,28-29,37-40H2,1-6H3,(H2,90,104)(H,92,112)(H,94,115)(H,95,111)(H,96,114)(H,97,116)(H,98,110)(H,99,113)/t42-,55+,56-,63+,65-,67+,68+,69-,70+,71-,72+,73+,74+,75-,77+,78-,86-,87-/m0/s1. The normalized spacial score (nSPS) is 26.2. The van der Waals surface area contributed by atoms with Crippen molar-refractivity contribution in [2.45, 2.75) is 208 Å².